The van der Waals surface area contributed by atoms with Crippen molar-refractivity contribution < 1.29 is 0 Å². The van der Waals surface area contributed by atoms with Crippen molar-refractivity contribution in [2.24, 2.45) is 0 Å². The Kier molecular flexibility index (Phi) is 5.42. The number of nitrogens with zero attached hydrogens (tertiary/aromatic N) is 2. The molecule has 0 radical (unpaired) electrons. The fourth-order valence-corrected chi connectivity index (χ4v) is 1.97. The lowest BCUT2D eigenvalue weighted by Gasteiger charge is -2.12. The van der Waals surface area contributed by atoms with Gasteiger partial charge in [0.2, 0.25) is 5.13 Å². The van der Waals surface area contributed by atoms with Gasteiger partial charge in [-0.25, -0.2) is 0 Å². The number of hydrogen-bond donors (Lipinski definition) is 2. The van der Waals surface area contributed by atoms with Gasteiger partial charge in [0, 0.05) is 19.0 Å². The first-order chi connectivity index (χ1) is 7.58. The topological polar surface area (TPSA) is 63.8 Å². The van der Waals surface area contributed by atoms with Gasteiger partial charge in [-0.2, -0.15) is 0 Å². The van der Waals surface area contributed by atoms with E-state index in [1.807, 2.05) is 0 Å². The molecular formula is C11H20N4S. The minimum absolute atomic E-state index is 0.516. The van der Waals surface area contributed by atoms with E-state index in [1.165, 1.54) is 16.9 Å². The van der Waals surface area contributed by atoms with Crippen molar-refractivity contribution in [2.45, 2.75) is 39.2 Å². The fraction of sp³-hybridized carbons (Fsp3) is 0.636. The van der Waals surface area contributed by atoms with Crippen molar-refractivity contribution in [1.29, 1.82) is 0 Å². The van der Waals surface area contributed by atoms with Gasteiger partial charge in [-0.3, -0.25) is 0 Å². The van der Waals surface area contributed by atoms with Gasteiger partial charge in [-0.1, -0.05) is 16.9 Å². The third-order valence-corrected chi connectivity index (χ3v) is 3.13. The summed E-state index contributed by atoms with van der Waals surface area (Å²) >= 11 is 1.46. The minimum atomic E-state index is 0.516. The molecule has 0 aliphatic rings. The zero-order chi connectivity index (χ0) is 12.0. The number of hydrogen-bond acceptors (Lipinski definition) is 5. The van der Waals surface area contributed by atoms with E-state index < -0.39 is 0 Å². The van der Waals surface area contributed by atoms with Crippen LogP contribution < -0.4 is 11.1 Å². The molecular weight excluding hydrogens is 220 g/mol. The molecule has 3 N–H and O–H groups in total. The Hall–Kier alpha value is -0.940. The van der Waals surface area contributed by atoms with E-state index in [9.17, 15) is 0 Å². The Morgan fingerprint density at radius 3 is 2.88 bits per heavy atom. The second-order valence-electron chi connectivity index (χ2n) is 4.13. The van der Waals surface area contributed by atoms with Crippen LogP contribution >= 0.6 is 11.3 Å². The molecule has 0 aliphatic carbocycles. The lowest BCUT2D eigenvalue weighted by Crippen LogP contribution is -2.28. The Bertz CT molecular complexity index is 334. The zero-order valence-electron chi connectivity index (χ0n) is 9.99. The van der Waals surface area contributed by atoms with E-state index in [4.69, 9.17) is 5.73 Å². The molecule has 0 spiro atoms. The summed E-state index contributed by atoms with van der Waals surface area (Å²) in [5, 5.41) is 12.8. The van der Waals surface area contributed by atoms with E-state index in [2.05, 4.69) is 35.9 Å². The summed E-state index contributed by atoms with van der Waals surface area (Å²) in [6.45, 7) is 9.08. The van der Waals surface area contributed by atoms with Crippen LogP contribution in [-0.4, -0.2) is 22.8 Å². The summed E-state index contributed by atoms with van der Waals surface area (Å²) in [4.78, 5) is 0. The molecule has 0 bridgehead atoms. The van der Waals surface area contributed by atoms with Crippen LogP contribution in [0, 0.1) is 0 Å². The highest BCUT2D eigenvalue weighted by atomic mass is 32.1. The molecule has 90 valence electrons. The van der Waals surface area contributed by atoms with Gasteiger partial charge in [0.05, 0.1) is 0 Å². The smallest absolute Gasteiger partial charge is 0.203 e. The largest absolute Gasteiger partial charge is 0.374 e. The highest BCUT2D eigenvalue weighted by Gasteiger charge is 2.03. The average Bonchev–Trinajstić information content (AvgIpc) is 2.61. The quantitative estimate of drug-likeness (QED) is 0.715. The maximum absolute atomic E-state index is 5.51. The first-order valence-electron chi connectivity index (χ1n) is 5.53. The molecule has 5 heteroatoms. The molecule has 0 aromatic carbocycles. The van der Waals surface area contributed by atoms with Gasteiger partial charge in [0.1, 0.15) is 5.01 Å². The maximum Gasteiger partial charge on any atom is 0.203 e. The molecule has 0 fully saturated rings. The number of anilines is 1. The fourth-order valence-electron chi connectivity index (χ4n) is 1.36. The summed E-state index contributed by atoms with van der Waals surface area (Å²) in [5.74, 6) is 0. The predicted molar refractivity (Wildman–Crippen MR) is 69.5 cm³/mol. The molecule has 1 heterocycles. The molecule has 16 heavy (non-hydrogen) atoms. The van der Waals surface area contributed by atoms with Crippen molar-refractivity contribution in [3.8, 4) is 0 Å². The first kappa shape index (κ1) is 13.1. The minimum Gasteiger partial charge on any atom is -0.374 e. The molecule has 4 nitrogen and oxygen atoms in total. The normalized spacial score (nSPS) is 12.6. The molecule has 0 aliphatic heterocycles. The molecule has 0 amide bonds. The maximum atomic E-state index is 5.51. The second-order valence-corrected chi connectivity index (χ2v) is 5.23. The van der Waals surface area contributed by atoms with Gasteiger partial charge >= 0.3 is 0 Å². The Morgan fingerprint density at radius 2 is 2.31 bits per heavy atom. The number of nitrogens with two attached hydrogens (primary N) is 1. The first-order valence-corrected chi connectivity index (χ1v) is 6.35. The summed E-state index contributed by atoms with van der Waals surface area (Å²) in [7, 11) is 0. The van der Waals surface area contributed by atoms with Crippen LogP contribution in [0.5, 0.6) is 0 Å². The van der Waals surface area contributed by atoms with Gasteiger partial charge in [-0.05, 0) is 26.7 Å². The van der Waals surface area contributed by atoms with E-state index in [0.717, 1.165) is 30.8 Å². The SMILES string of the molecule is C=C(C)CC[C@H](C)NCCc1nnc(N)s1. The number of aromatic nitrogens is 2. The van der Waals surface area contributed by atoms with Crippen LogP contribution in [0.3, 0.4) is 0 Å². The van der Waals surface area contributed by atoms with Crippen molar-refractivity contribution in [3.63, 3.8) is 0 Å². The summed E-state index contributed by atoms with van der Waals surface area (Å²) in [6.07, 6.45) is 3.11. The second kappa shape index (κ2) is 6.60. The van der Waals surface area contributed by atoms with Crippen LogP contribution in [-0.2, 0) is 6.42 Å². The highest BCUT2D eigenvalue weighted by molar-refractivity contribution is 7.15. The average molecular weight is 240 g/mol. The Labute approximate surface area is 101 Å². The van der Waals surface area contributed by atoms with Crippen LogP contribution in [0.25, 0.3) is 0 Å². The molecule has 1 rings (SSSR count). The van der Waals surface area contributed by atoms with Crippen molar-refractivity contribution in [3.05, 3.63) is 17.2 Å². The predicted octanol–water partition coefficient (Wildman–Crippen LogP) is 2.00. The Balaban J connectivity index is 2.13. The van der Waals surface area contributed by atoms with Crippen LogP contribution in [0.4, 0.5) is 5.13 Å². The lowest BCUT2D eigenvalue weighted by atomic mass is 10.1. The van der Waals surface area contributed by atoms with E-state index >= 15 is 0 Å². The highest BCUT2D eigenvalue weighted by Crippen LogP contribution is 2.11. The van der Waals surface area contributed by atoms with Gasteiger partial charge in [-0.15, -0.1) is 16.8 Å². The lowest BCUT2D eigenvalue weighted by molar-refractivity contribution is 0.516. The number of rotatable bonds is 7. The van der Waals surface area contributed by atoms with E-state index in [1.54, 1.807) is 0 Å². The van der Waals surface area contributed by atoms with Crippen LogP contribution in [0.1, 0.15) is 31.7 Å². The monoisotopic (exact) mass is 240 g/mol. The number of nitrogens with one attached hydrogen (secondary N) is 1. The molecule has 0 unspecified atom stereocenters. The van der Waals surface area contributed by atoms with Crippen molar-refractivity contribution in [1.82, 2.24) is 15.5 Å². The Morgan fingerprint density at radius 1 is 1.56 bits per heavy atom. The molecule has 1 atom stereocenters. The summed E-state index contributed by atoms with van der Waals surface area (Å²) in [6, 6.07) is 0.516. The van der Waals surface area contributed by atoms with Gasteiger partial charge in [0.15, 0.2) is 0 Å². The molecule has 0 saturated carbocycles. The van der Waals surface area contributed by atoms with E-state index in [0.29, 0.717) is 11.2 Å². The van der Waals surface area contributed by atoms with Crippen molar-refractivity contribution in [2.75, 3.05) is 12.3 Å². The number of allylic oxidation sites excluding steroid dienone is 1. The third-order valence-electron chi connectivity index (χ3n) is 2.32. The van der Waals surface area contributed by atoms with Crippen molar-refractivity contribution >= 4 is 16.5 Å². The van der Waals surface area contributed by atoms with Gasteiger partial charge in [0.25, 0.3) is 0 Å². The standard InChI is InChI=1S/C11H20N4S/c1-8(2)4-5-9(3)13-7-6-10-14-15-11(12)16-10/h9,13H,1,4-7H2,2-3H3,(H2,12,15)/t9-/m0/s1. The van der Waals surface area contributed by atoms with Crippen LogP contribution in [0.2, 0.25) is 0 Å². The molecule has 1 aromatic heterocycles. The zero-order valence-corrected chi connectivity index (χ0v) is 10.8. The van der Waals surface area contributed by atoms with E-state index in [-0.39, 0.29) is 0 Å². The van der Waals surface area contributed by atoms with Crippen LogP contribution in [0.15, 0.2) is 12.2 Å². The number of nitrogen functional groups attached to an aromatic ring is 1. The summed E-state index contributed by atoms with van der Waals surface area (Å²) in [5.41, 5.74) is 6.75. The molecule has 1 aromatic rings. The summed E-state index contributed by atoms with van der Waals surface area (Å²) < 4.78 is 0. The van der Waals surface area contributed by atoms with Gasteiger partial charge < -0.3 is 11.1 Å². The third kappa shape index (κ3) is 5.23. The molecule has 0 saturated heterocycles.